The topological polar surface area (TPSA) is 24.9 Å². The fraction of sp³-hybridized carbons (Fsp3) is 0.312. The predicted octanol–water partition coefficient (Wildman–Crippen LogP) is 4.11. The van der Waals surface area contributed by atoms with Gasteiger partial charge in [-0.3, -0.25) is 4.98 Å². The van der Waals surface area contributed by atoms with Crippen LogP contribution in [0, 0.1) is 6.92 Å². The van der Waals surface area contributed by atoms with Crippen molar-refractivity contribution < 1.29 is 13.2 Å². The first-order valence-corrected chi connectivity index (χ1v) is 6.75. The lowest BCUT2D eigenvalue weighted by Crippen LogP contribution is -2.22. The van der Waals surface area contributed by atoms with Gasteiger partial charge in [-0.1, -0.05) is 25.1 Å². The molecular weight excluding hydrogens is 277 g/mol. The summed E-state index contributed by atoms with van der Waals surface area (Å²) in [6.45, 7) is 4.44. The maximum absolute atomic E-state index is 12.8. The summed E-state index contributed by atoms with van der Waals surface area (Å²) in [6, 6.07) is 8.84. The van der Waals surface area contributed by atoms with E-state index < -0.39 is 11.7 Å². The van der Waals surface area contributed by atoms with Crippen LogP contribution < -0.4 is 5.32 Å². The molecule has 2 nitrogen and oxygen atoms in total. The Morgan fingerprint density at radius 2 is 1.90 bits per heavy atom. The van der Waals surface area contributed by atoms with E-state index in [2.05, 4.69) is 10.3 Å². The van der Waals surface area contributed by atoms with Crippen molar-refractivity contribution in [1.82, 2.24) is 10.3 Å². The number of aromatic nitrogens is 1. The fourth-order valence-electron chi connectivity index (χ4n) is 2.18. The first-order valence-electron chi connectivity index (χ1n) is 6.75. The number of rotatable bonds is 4. The molecule has 1 aromatic heterocycles. The van der Waals surface area contributed by atoms with Gasteiger partial charge in [-0.15, -0.1) is 0 Å². The summed E-state index contributed by atoms with van der Waals surface area (Å²) in [4.78, 5) is 4.22. The number of alkyl halides is 3. The Balaban J connectivity index is 2.41. The summed E-state index contributed by atoms with van der Waals surface area (Å²) < 4.78 is 38.5. The van der Waals surface area contributed by atoms with Crippen LogP contribution in [0.3, 0.4) is 0 Å². The van der Waals surface area contributed by atoms with Crippen LogP contribution in [0.1, 0.15) is 35.3 Å². The average molecular weight is 294 g/mol. The molecule has 1 unspecified atom stereocenters. The van der Waals surface area contributed by atoms with Gasteiger partial charge in [-0.05, 0) is 42.8 Å². The SMILES string of the molecule is CCNC(c1ccc(C)nc1)c1cccc(C(F)(F)F)c1. The molecule has 0 radical (unpaired) electrons. The Kier molecular flexibility index (Phi) is 4.63. The monoisotopic (exact) mass is 294 g/mol. The molecule has 0 aliphatic heterocycles. The highest BCUT2D eigenvalue weighted by Gasteiger charge is 2.31. The molecule has 2 rings (SSSR count). The molecule has 0 saturated heterocycles. The van der Waals surface area contributed by atoms with Gasteiger partial charge in [-0.25, -0.2) is 0 Å². The fourth-order valence-corrected chi connectivity index (χ4v) is 2.18. The van der Waals surface area contributed by atoms with Gasteiger partial charge >= 0.3 is 6.18 Å². The van der Waals surface area contributed by atoms with Gasteiger partial charge in [0, 0.05) is 11.9 Å². The zero-order valence-electron chi connectivity index (χ0n) is 11.9. The van der Waals surface area contributed by atoms with E-state index in [9.17, 15) is 13.2 Å². The summed E-state index contributed by atoms with van der Waals surface area (Å²) in [6.07, 6.45) is -2.64. The van der Waals surface area contributed by atoms with Crippen LogP contribution in [0.25, 0.3) is 0 Å². The van der Waals surface area contributed by atoms with Crippen LogP contribution >= 0.6 is 0 Å². The molecular formula is C16H17F3N2. The quantitative estimate of drug-likeness (QED) is 0.918. The first kappa shape index (κ1) is 15.5. The van der Waals surface area contributed by atoms with Gasteiger partial charge in [0.1, 0.15) is 0 Å². The third-order valence-corrected chi connectivity index (χ3v) is 3.22. The number of hydrogen-bond donors (Lipinski definition) is 1. The second-order valence-electron chi connectivity index (χ2n) is 4.85. The van der Waals surface area contributed by atoms with Gasteiger partial charge in [0.2, 0.25) is 0 Å². The number of halogens is 3. The molecule has 0 aliphatic carbocycles. The minimum absolute atomic E-state index is 0.301. The van der Waals surface area contributed by atoms with Crippen molar-refractivity contribution in [3.8, 4) is 0 Å². The van der Waals surface area contributed by atoms with E-state index in [4.69, 9.17) is 0 Å². The van der Waals surface area contributed by atoms with Crippen molar-refractivity contribution in [1.29, 1.82) is 0 Å². The van der Waals surface area contributed by atoms with Crippen LogP contribution in [0.2, 0.25) is 0 Å². The standard InChI is InChI=1S/C16H17F3N2/c1-3-20-15(13-8-7-11(2)21-10-13)12-5-4-6-14(9-12)16(17,18)19/h4-10,15,20H,3H2,1-2H3. The average Bonchev–Trinajstić information content (AvgIpc) is 2.45. The van der Waals surface area contributed by atoms with E-state index in [1.807, 2.05) is 26.0 Å². The Morgan fingerprint density at radius 3 is 2.48 bits per heavy atom. The Hall–Kier alpha value is -1.88. The van der Waals surface area contributed by atoms with Crippen LogP contribution in [0.5, 0.6) is 0 Å². The lowest BCUT2D eigenvalue weighted by molar-refractivity contribution is -0.137. The molecule has 21 heavy (non-hydrogen) atoms. The van der Waals surface area contributed by atoms with Crippen molar-refractivity contribution in [3.05, 3.63) is 65.0 Å². The number of hydrogen-bond acceptors (Lipinski definition) is 2. The second-order valence-corrected chi connectivity index (χ2v) is 4.85. The summed E-state index contributed by atoms with van der Waals surface area (Å²) >= 11 is 0. The van der Waals surface area contributed by atoms with Crippen molar-refractivity contribution in [3.63, 3.8) is 0 Å². The second kappa shape index (κ2) is 6.26. The van der Waals surface area contributed by atoms with E-state index in [1.165, 1.54) is 12.1 Å². The normalized spacial score (nSPS) is 13.2. The molecule has 2 aromatic rings. The summed E-state index contributed by atoms with van der Waals surface area (Å²) in [5.41, 5.74) is 1.67. The van der Waals surface area contributed by atoms with Crippen molar-refractivity contribution >= 4 is 0 Å². The van der Waals surface area contributed by atoms with E-state index >= 15 is 0 Å². The van der Waals surface area contributed by atoms with Gasteiger partial charge in [-0.2, -0.15) is 13.2 Å². The zero-order valence-corrected chi connectivity index (χ0v) is 11.9. The highest BCUT2D eigenvalue weighted by Crippen LogP contribution is 2.32. The molecule has 0 spiro atoms. The highest BCUT2D eigenvalue weighted by molar-refractivity contribution is 5.34. The van der Waals surface area contributed by atoms with Crippen LogP contribution in [0.4, 0.5) is 13.2 Å². The first-order chi connectivity index (χ1) is 9.91. The third kappa shape index (κ3) is 3.82. The van der Waals surface area contributed by atoms with Crippen LogP contribution in [0.15, 0.2) is 42.6 Å². The van der Waals surface area contributed by atoms with Crippen LogP contribution in [-0.2, 0) is 6.18 Å². The number of aryl methyl sites for hydroxylation is 1. The summed E-state index contributed by atoms with van der Waals surface area (Å²) in [5.74, 6) is 0. The number of benzene rings is 1. The molecule has 5 heteroatoms. The smallest absolute Gasteiger partial charge is 0.306 e. The van der Waals surface area contributed by atoms with Crippen molar-refractivity contribution in [2.45, 2.75) is 26.1 Å². The molecule has 1 heterocycles. The van der Waals surface area contributed by atoms with Crippen molar-refractivity contribution in [2.24, 2.45) is 0 Å². The molecule has 0 fully saturated rings. The molecule has 112 valence electrons. The molecule has 1 N–H and O–H groups in total. The largest absolute Gasteiger partial charge is 0.416 e. The van der Waals surface area contributed by atoms with E-state index in [0.717, 1.165) is 17.3 Å². The lowest BCUT2D eigenvalue weighted by Gasteiger charge is -2.20. The predicted molar refractivity (Wildman–Crippen MR) is 75.9 cm³/mol. The summed E-state index contributed by atoms with van der Waals surface area (Å²) in [7, 11) is 0. The maximum Gasteiger partial charge on any atom is 0.416 e. The molecule has 1 aromatic carbocycles. The molecule has 0 aliphatic rings. The minimum Gasteiger partial charge on any atom is -0.306 e. The third-order valence-electron chi connectivity index (χ3n) is 3.22. The van der Waals surface area contributed by atoms with E-state index in [1.54, 1.807) is 12.3 Å². The zero-order chi connectivity index (χ0) is 15.5. The Morgan fingerprint density at radius 1 is 1.14 bits per heavy atom. The number of pyridine rings is 1. The number of nitrogens with zero attached hydrogens (tertiary/aromatic N) is 1. The van der Waals surface area contributed by atoms with Gasteiger partial charge in [0.15, 0.2) is 0 Å². The van der Waals surface area contributed by atoms with Crippen LogP contribution in [-0.4, -0.2) is 11.5 Å². The number of nitrogens with one attached hydrogen (secondary N) is 1. The summed E-state index contributed by atoms with van der Waals surface area (Å²) in [5, 5.41) is 3.21. The molecule has 0 amide bonds. The Labute approximate surface area is 122 Å². The molecule has 1 atom stereocenters. The van der Waals surface area contributed by atoms with Crippen molar-refractivity contribution in [2.75, 3.05) is 6.54 Å². The lowest BCUT2D eigenvalue weighted by atomic mass is 9.98. The Bertz CT molecular complexity index is 591. The van der Waals surface area contributed by atoms with Gasteiger partial charge in [0.25, 0.3) is 0 Å². The van der Waals surface area contributed by atoms with Gasteiger partial charge < -0.3 is 5.32 Å². The van der Waals surface area contributed by atoms with E-state index in [-0.39, 0.29) is 6.04 Å². The molecule has 0 saturated carbocycles. The molecule has 0 bridgehead atoms. The maximum atomic E-state index is 12.8. The van der Waals surface area contributed by atoms with Gasteiger partial charge in [0.05, 0.1) is 11.6 Å². The minimum atomic E-state index is -4.34. The highest BCUT2D eigenvalue weighted by atomic mass is 19.4. The van der Waals surface area contributed by atoms with E-state index in [0.29, 0.717) is 12.1 Å².